The van der Waals surface area contributed by atoms with E-state index in [0.29, 0.717) is 13.2 Å². The highest BCUT2D eigenvalue weighted by molar-refractivity contribution is 5.85. The van der Waals surface area contributed by atoms with Crippen LogP contribution < -0.4 is 10.1 Å². The number of halogens is 4. The maximum Gasteiger partial charge on any atom is 0.573 e. The van der Waals surface area contributed by atoms with E-state index in [1.54, 1.807) is 12.1 Å². The van der Waals surface area contributed by atoms with Crippen molar-refractivity contribution in [2.45, 2.75) is 12.5 Å². The average molecular weight is 284 g/mol. The summed E-state index contributed by atoms with van der Waals surface area (Å²) in [5.74, 6) is -0.218. The maximum atomic E-state index is 11.9. The van der Waals surface area contributed by atoms with Gasteiger partial charge in [0, 0.05) is 13.1 Å². The van der Waals surface area contributed by atoms with Crippen molar-refractivity contribution in [3.63, 3.8) is 0 Å². The molecule has 1 aromatic carbocycles. The fraction of sp³-hybridized carbons (Fsp3) is 0.455. The van der Waals surface area contributed by atoms with Crippen LogP contribution in [0.4, 0.5) is 13.2 Å². The Bertz CT molecular complexity index is 364. The lowest BCUT2D eigenvalue weighted by atomic mass is 10.1. The SMILES string of the molecule is Cl.FC(F)(F)Oc1ccc(C2CNCCO2)cc1. The summed E-state index contributed by atoms with van der Waals surface area (Å²) in [5, 5.41) is 3.15. The molecule has 0 spiro atoms. The molecule has 0 saturated carbocycles. The minimum Gasteiger partial charge on any atom is -0.406 e. The molecule has 0 aromatic heterocycles. The molecule has 1 atom stereocenters. The molecule has 1 saturated heterocycles. The largest absolute Gasteiger partial charge is 0.573 e. The highest BCUT2D eigenvalue weighted by atomic mass is 35.5. The van der Waals surface area contributed by atoms with Crippen molar-refractivity contribution in [3.05, 3.63) is 29.8 Å². The normalized spacial score (nSPS) is 20.1. The van der Waals surface area contributed by atoms with Crippen LogP contribution in [0.5, 0.6) is 5.75 Å². The maximum absolute atomic E-state index is 11.9. The molecule has 1 heterocycles. The molecule has 2 rings (SSSR count). The van der Waals surface area contributed by atoms with Crippen molar-refractivity contribution in [2.24, 2.45) is 0 Å². The second-order valence-corrected chi connectivity index (χ2v) is 3.68. The summed E-state index contributed by atoms with van der Waals surface area (Å²) < 4.78 is 45.1. The third-order valence-corrected chi connectivity index (χ3v) is 2.41. The minimum absolute atomic E-state index is 0. The first kappa shape index (κ1) is 15.1. The number of ether oxygens (including phenoxy) is 2. The van der Waals surface area contributed by atoms with Crippen molar-refractivity contribution >= 4 is 12.4 Å². The highest BCUT2D eigenvalue weighted by Crippen LogP contribution is 2.25. The van der Waals surface area contributed by atoms with Crippen molar-refractivity contribution < 1.29 is 22.6 Å². The first-order valence-corrected chi connectivity index (χ1v) is 5.22. The zero-order chi connectivity index (χ0) is 12.3. The van der Waals surface area contributed by atoms with Crippen LogP contribution in [0, 0.1) is 0 Å². The number of nitrogens with one attached hydrogen (secondary N) is 1. The van der Waals surface area contributed by atoms with Crippen LogP contribution in [0.3, 0.4) is 0 Å². The predicted octanol–water partition coefficient (Wildman–Crippen LogP) is 2.67. The molecule has 7 heteroatoms. The number of hydrogen-bond donors (Lipinski definition) is 1. The standard InChI is InChI=1S/C11H12F3NO2.ClH/c12-11(13,14)17-9-3-1-8(2-4-9)10-7-15-5-6-16-10;/h1-4,10,15H,5-7H2;1H. The molecule has 1 N–H and O–H groups in total. The third kappa shape index (κ3) is 4.36. The summed E-state index contributed by atoms with van der Waals surface area (Å²) in [7, 11) is 0. The molecule has 0 amide bonds. The highest BCUT2D eigenvalue weighted by Gasteiger charge is 2.31. The molecule has 1 unspecified atom stereocenters. The van der Waals surface area contributed by atoms with Crippen LogP contribution >= 0.6 is 12.4 Å². The van der Waals surface area contributed by atoms with Gasteiger partial charge in [-0.2, -0.15) is 0 Å². The fourth-order valence-electron chi connectivity index (χ4n) is 1.66. The molecular weight excluding hydrogens is 271 g/mol. The molecule has 1 fully saturated rings. The number of alkyl halides is 3. The van der Waals surface area contributed by atoms with Crippen LogP contribution in [0.2, 0.25) is 0 Å². The van der Waals surface area contributed by atoms with E-state index >= 15 is 0 Å². The lowest BCUT2D eigenvalue weighted by molar-refractivity contribution is -0.274. The Hall–Kier alpha value is -0.980. The van der Waals surface area contributed by atoms with Gasteiger partial charge < -0.3 is 14.8 Å². The topological polar surface area (TPSA) is 30.5 Å². The Morgan fingerprint density at radius 1 is 1.22 bits per heavy atom. The summed E-state index contributed by atoms with van der Waals surface area (Å²) in [5.41, 5.74) is 0.840. The molecule has 102 valence electrons. The lowest BCUT2D eigenvalue weighted by Crippen LogP contribution is -2.33. The first-order valence-electron chi connectivity index (χ1n) is 5.22. The third-order valence-electron chi connectivity index (χ3n) is 2.41. The van der Waals surface area contributed by atoms with Crippen LogP contribution in [0.1, 0.15) is 11.7 Å². The summed E-state index contributed by atoms with van der Waals surface area (Å²) in [6, 6.07) is 5.75. The Morgan fingerprint density at radius 2 is 1.89 bits per heavy atom. The fourth-order valence-corrected chi connectivity index (χ4v) is 1.66. The van der Waals surface area contributed by atoms with Gasteiger partial charge in [-0.3, -0.25) is 0 Å². The Morgan fingerprint density at radius 3 is 2.39 bits per heavy atom. The van der Waals surface area contributed by atoms with Gasteiger partial charge in [0.05, 0.1) is 12.7 Å². The van der Waals surface area contributed by atoms with Gasteiger partial charge in [-0.05, 0) is 17.7 Å². The van der Waals surface area contributed by atoms with Gasteiger partial charge in [-0.15, -0.1) is 25.6 Å². The average Bonchev–Trinajstić information content (AvgIpc) is 2.29. The van der Waals surface area contributed by atoms with E-state index in [1.165, 1.54) is 12.1 Å². The molecule has 1 aliphatic heterocycles. The summed E-state index contributed by atoms with van der Waals surface area (Å²) in [4.78, 5) is 0. The van der Waals surface area contributed by atoms with Crippen LogP contribution in [-0.2, 0) is 4.74 Å². The van der Waals surface area contributed by atoms with Crippen molar-refractivity contribution in [1.82, 2.24) is 5.32 Å². The minimum atomic E-state index is -4.65. The van der Waals surface area contributed by atoms with Gasteiger partial charge in [0.2, 0.25) is 0 Å². The molecule has 1 aromatic rings. The van der Waals surface area contributed by atoms with E-state index in [4.69, 9.17) is 4.74 Å². The number of morpholine rings is 1. The molecule has 18 heavy (non-hydrogen) atoms. The summed E-state index contributed by atoms with van der Waals surface area (Å²) >= 11 is 0. The van der Waals surface area contributed by atoms with Gasteiger partial charge in [-0.1, -0.05) is 12.1 Å². The summed E-state index contributed by atoms with van der Waals surface area (Å²) in [6.45, 7) is 2.07. The van der Waals surface area contributed by atoms with E-state index in [-0.39, 0.29) is 24.3 Å². The molecule has 0 bridgehead atoms. The molecule has 3 nitrogen and oxygen atoms in total. The summed E-state index contributed by atoms with van der Waals surface area (Å²) in [6.07, 6.45) is -4.76. The van der Waals surface area contributed by atoms with Crippen molar-refractivity contribution in [2.75, 3.05) is 19.7 Å². The van der Waals surface area contributed by atoms with Gasteiger partial charge in [0.15, 0.2) is 0 Å². The van der Waals surface area contributed by atoms with Gasteiger partial charge in [0.25, 0.3) is 0 Å². The van der Waals surface area contributed by atoms with E-state index in [0.717, 1.165) is 12.1 Å². The van der Waals surface area contributed by atoms with E-state index in [1.807, 2.05) is 0 Å². The van der Waals surface area contributed by atoms with Crippen LogP contribution in [0.25, 0.3) is 0 Å². The quantitative estimate of drug-likeness (QED) is 0.905. The van der Waals surface area contributed by atoms with E-state index in [9.17, 15) is 13.2 Å². The predicted molar refractivity (Wildman–Crippen MR) is 61.9 cm³/mol. The zero-order valence-electron chi connectivity index (χ0n) is 9.37. The van der Waals surface area contributed by atoms with Gasteiger partial charge in [-0.25, -0.2) is 0 Å². The second-order valence-electron chi connectivity index (χ2n) is 3.68. The van der Waals surface area contributed by atoms with E-state index < -0.39 is 6.36 Å². The smallest absolute Gasteiger partial charge is 0.406 e. The van der Waals surface area contributed by atoms with Crippen molar-refractivity contribution in [3.8, 4) is 5.75 Å². The first-order chi connectivity index (χ1) is 8.04. The number of benzene rings is 1. The van der Waals surface area contributed by atoms with Crippen molar-refractivity contribution in [1.29, 1.82) is 0 Å². The molecular formula is C11H13ClF3NO2. The molecule has 1 aliphatic rings. The van der Waals surface area contributed by atoms with Crippen LogP contribution in [0.15, 0.2) is 24.3 Å². The Kier molecular flexibility index (Phi) is 5.25. The Balaban J connectivity index is 0.00000162. The van der Waals surface area contributed by atoms with Gasteiger partial charge in [0.1, 0.15) is 5.75 Å². The number of hydrogen-bond acceptors (Lipinski definition) is 3. The lowest BCUT2D eigenvalue weighted by Gasteiger charge is -2.24. The van der Waals surface area contributed by atoms with E-state index in [2.05, 4.69) is 10.1 Å². The Labute approximate surface area is 109 Å². The molecule has 0 aliphatic carbocycles. The molecule has 0 radical (unpaired) electrons. The monoisotopic (exact) mass is 283 g/mol. The zero-order valence-corrected chi connectivity index (χ0v) is 10.2. The second kappa shape index (κ2) is 6.26. The van der Waals surface area contributed by atoms with Crippen LogP contribution in [-0.4, -0.2) is 26.1 Å². The van der Waals surface area contributed by atoms with Gasteiger partial charge >= 0.3 is 6.36 Å². The number of rotatable bonds is 2.